The summed E-state index contributed by atoms with van der Waals surface area (Å²) in [5.74, 6) is 0.232. The average Bonchev–Trinajstić information content (AvgIpc) is 1.89. The zero-order valence-electron chi connectivity index (χ0n) is 6.00. The van der Waals surface area contributed by atoms with E-state index in [4.69, 9.17) is 10.8 Å². The minimum Gasteiger partial charge on any atom is -0.394 e. The summed E-state index contributed by atoms with van der Waals surface area (Å²) in [4.78, 5) is 8.41. The third-order valence-corrected chi connectivity index (χ3v) is 0.699. The first-order valence-electron chi connectivity index (χ1n) is 3.09. The van der Waals surface area contributed by atoms with Crippen LogP contribution in [-0.2, 0) is 4.84 Å². The Bertz CT molecular complexity index is 105. The second-order valence-corrected chi connectivity index (χ2v) is 1.53. The lowest BCUT2D eigenvalue weighted by Crippen LogP contribution is -2.32. The summed E-state index contributed by atoms with van der Waals surface area (Å²) in [6.07, 6.45) is 0. The molecule has 0 atom stereocenters. The van der Waals surface area contributed by atoms with E-state index in [1.807, 2.05) is 6.92 Å². The van der Waals surface area contributed by atoms with Crippen LogP contribution in [0.3, 0.4) is 0 Å². The molecule has 10 heavy (non-hydrogen) atoms. The normalized spacial score (nSPS) is 11.6. The number of nitrogens with zero attached hydrogens (tertiary/aromatic N) is 1. The average molecular weight is 147 g/mol. The first kappa shape index (κ1) is 9.19. The fraction of sp³-hybridized carbons (Fsp3) is 0.800. The molecule has 0 aromatic carbocycles. The monoisotopic (exact) mass is 147 g/mol. The molecule has 0 aliphatic rings. The van der Waals surface area contributed by atoms with Gasteiger partial charge in [-0.25, -0.2) is 5.48 Å². The Kier molecular flexibility index (Phi) is 5.80. The molecular weight excluding hydrogens is 134 g/mol. The Labute approximate surface area is 59.8 Å². The predicted octanol–water partition coefficient (Wildman–Crippen LogP) is -1.17. The van der Waals surface area contributed by atoms with Crippen molar-refractivity contribution in [3.63, 3.8) is 0 Å². The minimum absolute atomic E-state index is 0.0353. The van der Waals surface area contributed by atoms with Crippen molar-refractivity contribution < 1.29 is 9.94 Å². The van der Waals surface area contributed by atoms with E-state index in [0.717, 1.165) is 0 Å². The number of aliphatic hydroxyl groups is 1. The number of nitrogens with two attached hydrogens (primary N) is 1. The van der Waals surface area contributed by atoms with Crippen LogP contribution in [-0.4, -0.2) is 30.8 Å². The van der Waals surface area contributed by atoms with Gasteiger partial charge >= 0.3 is 0 Å². The van der Waals surface area contributed by atoms with Crippen LogP contribution >= 0.6 is 0 Å². The molecule has 0 aromatic heterocycles. The number of guanidine groups is 1. The molecule has 4 N–H and O–H groups in total. The number of hydroxylamine groups is 1. The van der Waals surface area contributed by atoms with Gasteiger partial charge < -0.3 is 10.8 Å². The van der Waals surface area contributed by atoms with E-state index in [-0.39, 0.29) is 19.2 Å². The minimum atomic E-state index is -0.0353. The molecule has 0 unspecified atom stereocenters. The number of aliphatic hydroxyl groups excluding tert-OH is 1. The molecule has 0 heterocycles. The first-order chi connectivity index (χ1) is 4.81. The molecule has 0 bridgehead atoms. The SMILES string of the molecule is CCN=C(N)NOCCO. The van der Waals surface area contributed by atoms with E-state index in [2.05, 4.69) is 15.3 Å². The van der Waals surface area contributed by atoms with Gasteiger partial charge in [0, 0.05) is 6.54 Å². The molecule has 5 nitrogen and oxygen atoms in total. The van der Waals surface area contributed by atoms with E-state index in [1.54, 1.807) is 0 Å². The molecule has 0 saturated heterocycles. The first-order valence-corrected chi connectivity index (χ1v) is 3.09. The zero-order valence-corrected chi connectivity index (χ0v) is 6.00. The highest BCUT2D eigenvalue weighted by molar-refractivity contribution is 5.76. The number of rotatable bonds is 4. The molecule has 0 rings (SSSR count). The maximum Gasteiger partial charge on any atom is 0.213 e. The van der Waals surface area contributed by atoms with E-state index in [0.29, 0.717) is 6.54 Å². The van der Waals surface area contributed by atoms with Crippen LogP contribution in [0.2, 0.25) is 0 Å². The summed E-state index contributed by atoms with van der Waals surface area (Å²) in [7, 11) is 0. The quantitative estimate of drug-likeness (QED) is 0.203. The maximum absolute atomic E-state index is 8.26. The van der Waals surface area contributed by atoms with Crippen molar-refractivity contribution >= 4 is 5.96 Å². The largest absolute Gasteiger partial charge is 0.394 e. The molecule has 0 radical (unpaired) electrons. The molecular formula is C5H13N3O2. The molecule has 5 heteroatoms. The van der Waals surface area contributed by atoms with Gasteiger partial charge in [0.25, 0.3) is 0 Å². The van der Waals surface area contributed by atoms with Crippen molar-refractivity contribution in [3.05, 3.63) is 0 Å². The van der Waals surface area contributed by atoms with E-state index in [9.17, 15) is 0 Å². The van der Waals surface area contributed by atoms with Crippen LogP contribution in [0.1, 0.15) is 6.92 Å². The maximum atomic E-state index is 8.26. The Morgan fingerprint density at radius 2 is 2.50 bits per heavy atom. The van der Waals surface area contributed by atoms with Crippen molar-refractivity contribution in [3.8, 4) is 0 Å². The summed E-state index contributed by atoms with van der Waals surface area (Å²) in [6.45, 7) is 2.65. The van der Waals surface area contributed by atoms with Gasteiger partial charge in [0.15, 0.2) is 0 Å². The van der Waals surface area contributed by atoms with E-state index >= 15 is 0 Å². The van der Waals surface area contributed by atoms with Crippen LogP contribution < -0.4 is 11.2 Å². The van der Waals surface area contributed by atoms with Crippen LogP contribution in [0.25, 0.3) is 0 Å². The summed E-state index contributed by atoms with van der Waals surface area (Å²) >= 11 is 0. The van der Waals surface area contributed by atoms with Crippen molar-refractivity contribution in [2.45, 2.75) is 6.92 Å². The molecule has 0 aliphatic heterocycles. The van der Waals surface area contributed by atoms with Gasteiger partial charge in [0.1, 0.15) is 0 Å². The Hall–Kier alpha value is -0.810. The second-order valence-electron chi connectivity index (χ2n) is 1.53. The van der Waals surface area contributed by atoms with Gasteiger partial charge in [-0.3, -0.25) is 9.83 Å². The topological polar surface area (TPSA) is 79.9 Å². The van der Waals surface area contributed by atoms with Gasteiger partial charge in [-0.15, -0.1) is 0 Å². The van der Waals surface area contributed by atoms with Gasteiger partial charge in [0.2, 0.25) is 5.96 Å². The number of nitrogens with one attached hydrogen (secondary N) is 1. The highest BCUT2D eigenvalue weighted by Crippen LogP contribution is 1.68. The molecule has 0 aromatic rings. The van der Waals surface area contributed by atoms with Crippen molar-refractivity contribution in [1.82, 2.24) is 5.48 Å². The van der Waals surface area contributed by atoms with Crippen molar-refractivity contribution in [2.24, 2.45) is 10.7 Å². The molecule has 0 spiro atoms. The number of aliphatic imine (C=N–C) groups is 1. The van der Waals surface area contributed by atoms with Gasteiger partial charge in [0.05, 0.1) is 13.2 Å². The second kappa shape index (κ2) is 6.31. The fourth-order valence-electron chi connectivity index (χ4n) is 0.373. The zero-order chi connectivity index (χ0) is 7.82. The number of hydrogen-bond acceptors (Lipinski definition) is 3. The standard InChI is InChI=1S/C5H13N3O2/c1-2-7-5(6)8-10-4-3-9/h9H,2-4H2,1H3,(H3,6,7,8). The fourth-order valence-corrected chi connectivity index (χ4v) is 0.373. The predicted molar refractivity (Wildman–Crippen MR) is 38.3 cm³/mol. The van der Waals surface area contributed by atoms with Crippen molar-refractivity contribution in [1.29, 1.82) is 0 Å². The lowest BCUT2D eigenvalue weighted by atomic mass is 10.8. The van der Waals surface area contributed by atoms with Crippen LogP contribution in [0.4, 0.5) is 0 Å². The highest BCUT2D eigenvalue weighted by Gasteiger charge is 1.86. The Morgan fingerprint density at radius 3 is 3.00 bits per heavy atom. The third-order valence-electron chi connectivity index (χ3n) is 0.699. The van der Waals surface area contributed by atoms with Gasteiger partial charge in [-0.05, 0) is 6.92 Å². The smallest absolute Gasteiger partial charge is 0.213 e. The number of hydrogen-bond donors (Lipinski definition) is 3. The highest BCUT2D eigenvalue weighted by atomic mass is 16.6. The van der Waals surface area contributed by atoms with E-state index < -0.39 is 0 Å². The summed E-state index contributed by atoms with van der Waals surface area (Å²) in [5, 5.41) is 8.26. The third kappa shape index (κ3) is 5.33. The summed E-state index contributed by atoms with van der Waals surface area (Å²) in [6, 6.07) is 0. The molecule has 0 amide bonds. The summed E-state index contributed by atoms with van der Waals surface area (Å²) in [5.41, 5.74) is 7.61. The summed E-state index contributed by atoms with van der Waals surface area (Å²) < 4.78 is 0. The molecule has 60 valence electrons. The van der Waals surface area contributed by atoms with E-state index in [1.165, 1.54) is 0 Å². The van der Waals surface area contributed by atoms with Crippen LogP contribution in [0.15, 0.2) is 4.99 Å². The molecule has 0 aliphatic carbocycles. The Morgan fingerprint density at radius 1 is 1.80 bits per heavy atom. The van der Waals surface area contributed by atoms with Crippen molar-refractivity contribution in [2.75, 3.05) is 19.8 Å². The lowest BCUT2D eigenvalue weighted by molar-refractivity contribution is 0.0525. The van der Waals surface area contributed by atoms with Crippen LogP contribution in [0.5, 0.6) is 0 Å². The van der Waals surface area contributed by atoms with Crippen LogP contribution in [0, 0.1) is 0 Å². The van der Waals surface area contributed by atoms with Gasteiger partial charge in [-0.2, -0.15) is 0 Å². The molecule has 0 saturated carbocycles. The Balaban J connectivity index is 3.21. The molecule has 0 fully saturated rings. The lowest BCUT2D eigenvalue weighted by Gasteiger charge is -2.02. The van der Waals surface area contributed by atoms with Gasteiger partial charge in [-0.1, -0.05) is 0 Å².